The number of aryl methyl sites for hydroxylation is 1. The Morgan fingerprint density at radius 2 is 2.25 bits per heavy atom. The highest BCUT2D eigenvalue weighted by Gasteiger charge is 2.37. The quantitative estimate of drug-likeness (QED) is 0.915. The molecule has 1 aliphatic carbocycles. The van der Waals surface area contributed by atoms with E-state index in [1.807, 2.05) is 13.0 Å². The van der Waals surface area contributed by atoms with Crippen molar-refractivity contribution in [3.63, 3.8) is 0 Å². The van der Waals surface area contributed by atoms with E-state index in [1.54, 1.807) is 7.11 Å². The lowest BCUT2D eigenvalue weighted by Gasteiger charge is -2.33. The van der Waals surface area contributed by atoms with Crippen molar-refractivity contribution in [3.8, 4) is 0 Å². The van der Waals surface area contributed by atoms with Gasteiger partial charge in [0.15, 0.2) is 5.82 Å². The van der Waals surface area contributed by atoms with Gasteiger partial charge in [-0.05, 0) is 32.6 Å². The minimum absolute atomic E-state index is 0.447. The lowest BCUT2D eigenvalue weighted by Crippen LogP contribution is -2.38. The third-order valence-corrected chi connectivity index (χ3v) is 4.29. The van der Waals surface area contributed by atoms with Crippen LogP contribution in [0, 0.1) is 12.8 Å². The summed E-state index contributed by atoms with van der Waals surface area (Å²) in [5, 5.41) is 3.61. The highest BCUT2D eigenvalue weighted by atomic mass is 16.5. The summed E-state index contributed by atoms with van der Waals surface area (Å²) in [7, 11) is 1.67. The van der Waals surface area contributed by atoms with Crippen molar-refractivity contribution in [1.82, 2.24) is 9.97 Å². The molecular weight excluding hydrogens is 254 g/mol. The van der Waals surface area contributed by atoms with Gasteiger partial charge < -0.3 is 14.8 Å². The second kappa shape index (κ2) is 6.06. The summed E-state index contributed by atoms with van der Waals surface area (Å²) in [5.41, 5.74) is 0.976. The fraction of sp³-hybridized carbons (Fsp3) is 0.733. The van der Waals surface area contributed by atoms with Gasteiger partial charge in [-0.15, -0.1) is 0 Å². The molecule has 0 radical (unpaired) electrons. The summed E-state index contributed by atoms with van der Waals surface area (Å²) in [6.45, 7) is 3.36. The van der Waals surface area contributed by atoms with Crippen molar-refractivity contribution >= 4 is 5.82 Å². The zero-order valence-electron chi connectivity index (χ0n) is 12.3. The monoisotopic (exact) mass is 277 g/mol. The molecule has 1 aliphatic heterocycles. The second-order valence-electron chi connectivity index (χ2n) is 5.79. The average molecular weight is 277 g/mol. The van der Waals surface area contributed by atoms with Crippen LogP contribution in [-0.2, 0) is 16.1 Å². The Morgan fingerprint density at radius 1 is 1.35 bits per heavy atom. The summed E-state index contributed by atoms with van der Waals surface area (Å²) >= 11 is 0. The van der Waals surface area contributed by atoms with Crippen LogP contribution in [0.25, 0.3) is 0 Å². The van der Waals surface area contributed by atoms with Crippen LogP contribution in [0.15, 0.2) is 6.07 Å². The minimum atomic E-state index is 0.447. The second-order valence-corrected chi connectivity index (χ2v) is 5.79. The smallest absolute Gasteiger partial charge is 0.156 e. The molecule has 0 aromatic carbocycles. The topological polar surface area (TPSA) is 56.3 Å². The van der Waals surface area contributed by atoms with Crippen molar-refractivity contribution in [1.29, 1.82) is 0 Å². The molecule has 1 saturated heterocycles. The first-order chi connectivity index (χ1) is 9.76. The number of nitrogens with zero attached hydrogens (tertiary/aromatic N) is 2. The molecule has 0 unspecified atom stereocenters. The van der Waals surface area contributed by atoms with E-state index in [-0.39, 0.29) is 0 Å². The summed E-state index contributed by atoms with van der Waals surface area (Å²) in [6, 6.07) is 2.49. The van der Waals surface area contributed by atoms with Gasteiger partial charge in [-0.25, -0.2) is 9.97 Å². The molecule has 1 aromatic rings. The molecule has 3 rings (SSSR count). The fourth-order valence-electron chi connectivity index (χ4n) is 3.44. The molecule has 20 heavy (non-hydrogen) atoms. The van der Waals surface area contributed by atoms with E-state index < -0.39 is 0 Å². The molecule has 5 heteroatoms. The molecule has 0 amide bonds. The highest BCUT2D eigenvalue weighted by Crippen LogP contribution is 2.35. The minimum Gasteiger partial charge on any atom is -0.378 e. The number of rotatable bonds is 4. The Labute approximate surface area is 120 Å². The summed E-state index contributed by atoms with van der Waals surface area (Å²) in [4.78, 5) is 8.93. The van der Waals surface area contributed by atoms with Crippen molar-refractivity contribution < 1.29 is 9.47 Å². The first kappa shape index (κ1) is 13.8. The largest absolute Gasteiger partial charge is 0.378 e. The summed E-state index contributed by atoms with van der Waals surface area (Å²) < 4.78 is 10.9. The zero-order chi connectivity index (χ0) is 13.9. The molecule has 1 saturated carbocycles. The Hall–Kier alpha value is -1.20. The number of ether oxygens (including phenoxy) is 2. The zero-order valence-corrected chi connectivity index (χ0v) is 12.3. The van der Waals surface area contributed by atoms with Crippen LogP contribution in [0.2, 0.25) is 0 Å². The highest BCUT2D eigenvalue weighted by molar-refractivity contribution is 5.37. The third-order valence-electron chi connectivity index (χ3n) is 4.29. The van der Waals surface area contributed by atoms with Crippen LogP contribution in [0.5, 0.6) is 0 Å². The van der Waals surface area contributed by atoms with Crippen molar-refractivity contribution in [2.24, 2.45) is 5.92 Å². The van der Waals surface area contributed by atoms with E-state index in [0.717, 1.165) is 30.4 Å². The average Bonchev–Trinajstić information content (AvgIpc) is 2.88. The molecule has 3 atom stereocenters. The predicted molar refractivity (Wildman–Crippen MR) is 76.6 cm³/mol. The van der Waals surface area contributed by atoms with Gasteiger partial charge in [0, 0.05) is 37.4 Å². The normalized spacial score (nSPS) is 29.2. The Morgan fingerprint density at radius 3 is 3.10 bits per heavy atom. The number of hydrogen-bond acceptors (Lipinski definition) is 5. The molecular formula is C15H23N3O2. The molecule has 1 N–H and O–H groups in total. The number of nitrogens with one attached hydrogen (secondary N) is 1. The first-order valence-electron chi connectivity index (χ1n) is 7.48. The van der Waals surface area contributed by atoms with E-state index in [2.05, 4.69) is 15.3 Å². The van der Waals surface area contributed by atoms with Crippen molar-refractivity contribution in [2.45, 2.75) is 51.4 Å². The fourth-order valence-corrected chi connectivity index (χ4v) is 3.44. The van der Waals surface area contributed by atoms with Crippen molar-refractivity contribution in [2.75, 3.05) is 19.0 Å². The van der Waals surface area contributed by atoms with Crippen LogP contribution in [0.4, 0.5) is 5.82 Å². The summed E-state index contributed by atoms with van der Waals surface area (Å²) in [6.07, 6.45) is 5.25. The maximum absolute atomic E-state index is 5.82. The number of aromatic nitrogens is 2. The third kappa shape index (κ3) is 2.94. The van der Waals surface area contributed by atoms with Crippen LogP contribution < -0.4 is 5.32 Å². The Balaban J connectivity index is 1.73. The molecule has 1 aromatic heterocycles. The van der Waals surface area contributed by atoms with Gasteiger partial charge >= 0.3 is 0 Å². The molecule has 2 heterocycles. The standard InChI is InChI=1S/C15H23N3O2/c1-10-8-14(18-15(16-10)9-19-2)17-12-4-3-5-13-11(12)6-7-20-13/h8,11-13H,3-7,9H2,1-2H3,(H,16,17,18)/t11-,12-,13+/m1/s1. The number of fused-ring (bicyclic) bond motifs is 1. The molecule has 110 valence electrons. The molecule has 5 nitrogen and oxygen atoms in total. The molecule has 2 aliphatic rings. The predicted octanol–water partition coefficient (Wildman–Crippen LogP) is 2.30. The summed E-state index contributed by atoms with van der Waals surface area (Å²) in [5.74, 6) is 2.29. The van der Waals surface area contributed by atoms with Crippen molar-refractivity contribution in [3.05, 3.63) is 17.6 Å². The van der Waals surface area contributed by atoms with Crippen LogP contribution in [0.3, 0.4) is 0 Å². The van der Waals surface area contributed by atoms with E-state index in [9.17, 15) is 0 Å². The number of methoxy groups -OCH3 is 1. The van der Waals surface area contributed by atoms with Crippen LogP contribution in [0.1, 0.15) is 37.2 Å². The molecule has 0 bridgehead atoms. The van der Waals surface area contributed by atoms with E-state index in [1.165, 1.54) is 19.3 Å². The molecule has 0 spiro atoms. The lowest BCUT2D eigenvalue weighted by atomic mass is 9.82. The maximum atomic E-state index is 5.82. The van der Waals surface area contributed by atoms with Gasteiger partial charge in [-0.1, -0.05) is 0 Å². The SMILES string of the molecule is COCc1nc(C)cc(N[C@@H]2CCC[C@@H]3OCC[C@@H]32)n1. The van der Waals surface area contributed by atoms with Gasteiger partial charge in [-0.2, -0.15) is 0 Å². The number of anilines is 1. The first-order valence-corrected chi connectivity index (χ1v) is 7.48. The van der Waals surface area contributed by atoms with Gasteiger partial charge in [0.2, 0.25) is 0 Å². The number of hydrogen-bond donors (Lipinski definition) is 1. The lowest BCUT2D eigenvalue weighted by molar-refractivity contribution is 0.0619. The maximum Gasteiger partial charge on any atom is 0.156 e. The molecule has 2 fully saturated rings. The van der Waals surface area contributed by atoms with Gasteiger partial charge in [0.05, 0.1) is 6.10 Å². The van der Waals surface area contributed by atoms with E-state index in [0.29, 0.717) is 24.7 Å². The Bertz CT molecular complexity index is 466. The van der Waals surface area contributed by atoms with Gasteiger partial charge in [0.25, 0.3) is 0 Å². The van der Waals surface area contributed by atoms with Gasteiger partial charge in [-0.3, -0.25) is 0 Å². The van der Waals surface area contributed by atoms with E-state index in [4.69, 9.17) is 9.47 Å². The van der Waals surface area contributed by atoms with E-state index >= 15 is 0 Å². The van der Waals surface area contributed by atoms with Gasteiger partial charge in [0.1, 0.15) is 12.4 Å². The Kier molecular flexibility index (Phi) is 4.17. The van der Waals surface area contributed by atoms with Crippen LogP contribution in [-0.4, -0.2) is 35.8 Å². The van der Waals surface area contributed by atoms with Crippen LogP contribution >= 0.6 is 0 Å².